The average molecular weight is 427 g/mol. The van der Waals surface area contributed by atoms with Gasteiger partial charge in [-0.05, 0) is 11.4 Å². The molecule has 0 aromatic carbocycles. The van der Waals surface area contributed by atoms with Gasteiger partial charge < -0.3 is 9.30 Å². The highest BCUT2D eigenvalue weighted by Crippen LogP contribution is 2.26. The van der Waals surface area contributed by atoms with Gasteiger partial charge in [0.25, 0.3) is 0 Å². The van der Waals surface area contributed by atoms with E-state index < -0.39 is 16.0 Å². The van der Waals surface area contributed by atoms with E-state index in [0.29, 0.717) is 32.1 Å². The van der Waals surface area contributed by atoms with E-state index in [9.17, 15) is 13.2 Å². The monoisotopic (exact) mass is 426 g/mol. The number of thiophene rings is 1. The zero-order valence-electron chi connectivity index (χ0n) is 16.4. The molecule has 0 atom stereocenters. The van der Waals surface area contributed by atoms with Crippen LogP contribution in [0.1, 0.15) is 35.3 Å². The van der Waals surface area contributed by atoms with Gasteiger partial charge >= 0.3 is 5.97 Å². The fourth-order valence-corrected chi connectivity index (χ4v) is 6.06. The fraction of sp³-hybridized carbons (Fsp3) is 0.556. The molecule has 1 fully saturated rings. The Morgan fingerprint density at radius 2 is 1.96 bits per heavy atom. The van der Waals surface area contributed by atoms with Crippen molar-refractivity contribution in [2.24, 2.45) is 0 Å². The standard InChI is InChI=1S/C18H26N4O4S2/c1-14(2)17-19-5-6-21(17)10-7-20-8-11-22(12-9-20)28(24,25)15-4-13-27-16(15)18(23)26-3/h4-6,13-14H,7-12H2,1-3H3. The second-order valence-electron chi connectivity index (χ2n) is 6.98. The van der Waals surface area contributed by atoms with Gasteiger partial charge in [0.05, 0.1) is 7.11 Å². The van der Waals surface area contributed by atoms with E-state index in [2.05, 4.69) is 28.3 Å². The van der Waals surface area contributed by atoms with Gasteiger partial charge in [-0.2, -0.15) is 4.31 Å². The van der Waals surface area contributed by atoms with E-state index in [0.717, 1.165) is 30.3 Å². The minimum Gasteiger partial charge on any atom is -0.465 e. The summed E-state index contributed by atoms with van der Waals surface area (Å²) in [4.78, 5) is 18.7. The van der Waals surface area contributed by atoms with Crippen LogP contribution in [0.15, 0.2) is 28.7 Å². The second kappa shape index (κ2) is 8.73. The van der Waals surface area contributed by atoms with Gasteiger partial charge in [0.15, 0.2) is 0 Å². The Kier molecular flexibility index (Phi) is 6.54. The van der Waals surface area contributed by atoms with Crippen LogP contribution >= 0.6 is 11.3 Å². The number of hydrogen-bond donors (Lipinski definition) is 0. The van der Waals surface area contributed by atoms with Gasteiger partial charge in [-0.3, -0.25) is 4.90 Å². The molecule has 0 N–H and O–H groups in total. The number of carbonyl (C=O) groups excluding carboxylic acids is 1. The Balaban J connectivity index is 1.60. The van der Waals surface area contributed by atoms with E-state index in [-0.39, 0.29) is 9.77 Å². The molecule has 3 rings (SSSR count). The SMILES string of the molecule is COC(=O)c1sccc1S(=O)(=O)N1CCN(CCn2ccnc2C(C)C)CC1. The number of imidazole rings is 1. The summed E-state index contributed by atoms with van der Waals surface area (Å²) in [5.41, 5.74) is 0. The molecule has 8 nitrogen and oxygen atoms in total. The molecule has 2 aromatic rings. The summed E-state index contributed by atoms with van der Waals surface area (Å²) < 4.78 is 34.2. The van der Waals surface area contributed by atoms with Crippen LogP contribution in [0.25, 0.3) is 0 Å². The minimum atomic E-state index is -3.70. The number of carbonyl (C=O) groups is 1. The summed E-state index contributed by atoms with van der Waals surface area (Å²) in [6, 6.07) is 1.48. The van der Waals surface area contributed by atoms with E-state index >= 15 is 0 Å². The molecule has 1 aliphatic heterocycles. The molecule has 0 unspecified atom stereocenters. The Morgan fingerprint density at radius 3 is 2.61 bits per heavy atom. The summed E-state index contributed by atoms with van der Waals surface area (Å²) in [5, 5.41) is 1.60. The first-order valence-electron chi connectivity index (χ1n) is 9.24. The van der Waals surface area contributed by atoms with Crippen molar-refractivity contribution in [3.05, 3.63) is 34.5 Å². The Labute approximate surface area is 169 Å². The van der Waals surface area contributed by atoms with Crippen LogP contribution in [0.2, 0.25) is 0 Å². The minimum absolute atomic E-state index is 0.0396. The van der Waals surface area contributed by atoms with Crippen LogP contribution < -0.4 is 0 Å². The third-order valence-electron chi connectivity index (χ3n) is 4.87. The zero-order chi connectivity index (χ0) is 20.3. The number of methoxy groups -OCH3 is 1. The summed E-state index contributed by atoms with van der Waals surface area (Å²) in [7, 11) is -2.45. The highest BCUT2D eigenvalue weighted by Gasteiger charge is 2.32. The number of ether oxygens (including phenoxy) is 1. The molecule has 0 aliphatic carbocycles. The predicted octanol–water partition coefficient (Wildman–Crippen LogP) is 1.86. The molecule has 1 saturated heterocycles. The topological polar surface area (TPSA) is 84.7 Å². The summed E-state index contributed by atoms with van der Waals surface area (Å²) in [6.45, 7) is 8.03. The average Bonchev–Trinajstić information content (AvgIpc) is 3.35. The first-order valence-corrected chi connectivity index (χ1v) is 11.6. The molecule has 0 radical (unpaired) electrons. The van der Waals surface area contributed by atoms with Crippen molar-refractivity contribution in [2.45, 2.75) is 31.2 Å². The smallest absolute Gasteiger partial charge is 0.349 e. The zero-order valence-corrected chi connectivity index (χ0v) is 18.0. The molecule has 0 bridgehead atoms. The van der Waals surface area contributed by atoms with Gasteiger partial charge in [-0.25, -0.2) is 18.2 Å². The molecule has 0 spiro atoms. The number of piperazine rings is 1. The van der Waals surface area contributed by atoms with Crippen LogP contribution in [0.4, 0.5) is 0 Å². The lowest BCUT2D eigenvalue weighted by atomic mass is 10.2. The number of aromatic nitrogens is 2. The van der Waals surface area contributed by atoms with Crippen molar-refractivity contribution in [1.82, 2.24) is 18.8 Å². The molecule has 2 aromatic heterocycles. The molecule has 0 amide bonds. The normalized spacial score (nSPS) is 16.6. The van der Waals surface area contributed by atoms with E-state index in [1.807, 2.05) is 12.4 Å². The number of nitrogens with zero attached hydrogens (tertiary/aromatic N) is 4. The van der Waals surface area contributed by atoms with Crippen LogP contribution in [-0.2, 0) is 21.3 Å². The van der Waals surface area contributed by atoms with Crippen molar-refractivity contribution in [3.63, 3.8) is 0 Å². The van der Waals surface area contributed by atoms with Gasteiger partial charge in [0, 0.05) is 57.6 Å². The van der Waals surface area contributed by atoms with Crippen LogP contribution in [0.5, 0.6) is 0 Å². The summed E-state index contributed by atoms with van der Waals surface area (Å²) >= 11 is 1.08. The first kappa shape index (κ1) is 21.0. The largest absolute Gasteiger partial charge is 0.465 e. The quantitative estimate of drug-likeness (QED) is 0.629. The van der Waals surface area contributed by atoms with Crippen molar-refractivity contribution in [2.75, 3.05) is 39.8 Å². The van der Waals surface area contributed by atoms with Gasteiger partial charge in [-0.1, -0.05) is 13.8 Å². The molecular formula is C18H26N4O4S2. The molecule has 1 aliphatic rings. The highest BCUT2D eigenvalue weighted by molar-refractivity contribution is 7.89. The number of sulfonamides is 1. The molecule has 10 heteroatoms. The van der Waals surface area contributed by atoms with E-state index in [1.165, 1.54) is 17.5 Å². The van der Waals surface area contributed by atoms with Crippen LogP contribution in [0, 0.1) is 0 Å². The highest BCUT2D eigenvalue weighted by atomic mass is 32.2. The number of esters is 1. The number of rotatable bonds is 7. The summed E-state index contributed by atoms with van der Waals surface area (Å²) in [6.07, 6.45) is 3.81. The molecule has 0 saturated carbocycles. The van der Waals surface area contributed by atoms with E-state index in [4.69, 9.17) is 4.74 Å². The molecular weight excluding hydrogens is 400 g/mol. The van der Waals surface area contributed by atoms with Crippen LogP contribution in [-0.4, -0.2) is 73.0 Å². The van der Waals surface area contributed by atoms with E-state index in [1.54, 1.807) is 5.38 Å². The van der Waals surface area contributed by atoms with Gasteiger partial charge in [-0.15, -0.1) is 11.3 Å². The maximum atomic E-state index is 13.0. The maximum absolute atomic E-state index is 13.0. The molecule has 28 heavy (non-hydrogen) atoms. The molecule has 3 heterocycles. The Morgan fingerprint density at radius 1 is 1.25 bits per heavy atom. The number of hydrogen-bond acceptors (Lipinski definition) is 7. The predicted molar refractivity (Wildman–Crippen MR) is 107 cm³/mol. The summed E-state index contributed by atoms with van der Waals surface area (Å²) in [5.74, 6) is 0.814. The van der Waals surface area contributed by atoms with Gasteiger partial charge in [0.1, 0.15) is 15.6 Å². The fourth-order valence-electron chi connectivity index (χ4n) is 3.33. The Bertz CT molecular complexity index is 912. The lowest BCUT2D eigenvalue weighted by molar-refractivity contribution is 0.0602. The maximum Gasteiger partial charge on any atom is 0.349 e. The van der Waals surface area contributed by atoms with Crippen molar-refractivity contribution in [1.29, 1.82) is 0 Å². The lowest BCUT2D eigenvalue weighted by Crippen LogP contribution is -2.49. The van der Waals surface area contributed by atoms with Crippen molar-refractivity contribution < 1.29 is 17.9 Å². The Hall–Kier alpha value is -1.75. The third-order valence-corrected chi connectivity index (χ3v) is 7.83. The second-order valence-corrected chi connectivity index (χ2v) is 9.81. The molecule has 154 valence electrons. The van der Waals surface area contributed by atoms with Crippen molar-refractivity contribution in [3.8, 4) is 0 Å². The van der Waals surface area contributed by atoms with Crippen molar-refractivity contribution >= 4 is 27.3 Å². The van der Waals surface area contributed by atoms with Crippen LogP contribution in [0.3, 0.4) is 0 Å². The lowest BCUT2D eigenvalue weighted by Gasteiger charge is -2.34. The van der Waals surface area contributed by atoms with Gasteiger partial charge in [0.2, 0.25) is 10.0 Å². The first-order chi connectivity index (χ1) is 13.3. The third kappa shape index (κ3) is 4.29.